The fraction of sp³-hybridized carbons (Fsp3) is 0.471. The molecule has 0 spiro atoms. The zero-order valence-electron chi connectivity index (χ0n) is 14.3. The summed E-state index contributed by atoms with van der Waals surface area (Å²) < 4.78 is 0. The van der Waals surface area contributed by atoms with Crippen molar-refractivity contribution in [1.82, 2.24) is 10.3 Å². The van der Waals surface area contributed by atoms with Gasteiger partial charge in [-0.25, -0.2) is 9.59 Å². The Balaban J connectivity index is 0.000000270. The van der Waals surface area contributed by atoms with E-state index >= 15 is 0 Å². The Morgan fingerprint density at radius 2 is 1.70 bits per heavy atom. The molecule has 2 heterocycles. The topological polar surface area (TPSA) is 180 Å². The van der Waals surface area contributed by atoms with Crippen LogP contribution < -0.4 is 5.32 Å². The van der Waals surface area contributed by atoms with E-state index in [0.717, 1.165) is 12.1 Å². The molecule has 1 aromatic heterocycles. The van der Waals surface area contributed by atoms with Crippen molar-refractivity contribution in [2.45, 2.75) is 43.3 Å². The summed E-state index contributed by atoms with van der Waals surface area (Å²) in [6.07, 6.45) is -3.31. The molecule has 0 aliphatic carbocycles. The van der Waals surface area contributed by atoms with Gasteiger partial charge < -0.3 is 36.0 Å². The second-order valence-electron chi connectivity index (χ2n) is 5.71. The van der Waals surface area contributed by atoms with Crippen LogP contribution in [0, 0.1) is 11.8 Å². The van der Waals surface area contributed by atoms with Crippen LogP contribution in [0.5, 0.6) is 0 Å². The average Bonchev–Trinajstić information content (AvgIpc) is 3.18. The number of nitrogens with one attached hydrogen (secondary N) is 1. The molecule has 1 aliphatic heterocycles. The highest BCUT2D eigenvalue weighted by atomic mass is 16.4. The molecule has 1 aliphatic rings. The number of hydrogen-bond acceptors (Lipinski definition) is 8. The Labute approximate surface area is 155 Å². The maximum Gasteiger partial charge on any atom is 0.335 e. The quantitative estimate of drug-likeness (QED) is 0.276. The third kappa shape index (κ3) is 7.69. The SMILES string of the molecule is C(#C[C@H]1CCCN1)c1cccnc1.O=C(O)[C@@H](O)[C@H](O)[C@H](O)[C@@H](O)C(=O)O. The van der Waals surface area contributed by atoms with Crippen LogP contribution in [0.1, 0.15) is 18.4 Å². The minimum absolute atomic E-state index is 0.389. The van der Waals surface area contributed by atoms with Gasteiger partial charge in [0.05, 0.1) is 6.04 Å². The molecule has 1 saturated heterocycles. The number of aromatic nitrogens is 1. The van der Waals surface area contributed by atoms with Crippen LogP contribution in [0.4, 0.5) is 0 Å². The molecule has 5 atom stereocenters. The number of pyridine rings is 1. The van der Waals surface area contributed by atoms with E-state index in [9.17, 15) is 9.59 Å². The van der Waals surface area contributed by atoms with E-state index in [2.05, 4.69) is 22.1 Å². The molecule has 0 amide bonds. The van der Waals surface area contributed by atoms with Crippen molar-refractivity contribution in [2.24, 2.45) is 0 Å². The predicted octanol–water partition coefficient (Wildman–Crippen LogP) is -2.22. The highest BCUT2D eigenvalue weighted by Gasteiger charge is 2.37. The monoisotopic (exact) mass is 382 g/mol. The average molecular weight is 382 g/mol. The van der Waals surface area contributed by atoms with Crippen LogP contribution in [0.2, 0.25) is 0 Å². The van der Waals surface area contributed by atoms with E-state index in [1.807, 2.05) is 12.1 Å². The molecule has 0 saturated carbocycles. The Hall–Kier alpha value is -2.55. The molecule has 0 bridgehead atoms. The van der Waals surface area contributed by atoms with E-state index in [-0.39, 0.29) is 0 Å². The van der Waals surface area contributed by atoms with Gasteiger partial charge in [0.2, 0.25) is 0 Å². The normalized spacial score (nSPS) is 20.1. The second kappa shape index (κ2) is 11.2. The minimum atomic E-state index is -2.36. The lowest BCUT2D eigenvalue weighted by molar-refractivity contribution is -0.172. The lowest BCUT2D eigenvalue weighted by atomic mass is 10.0. The van der Waals surface area contributed by atoms with Crippen molar-refractivity contribution < 1.29 is 40.2 Å². The summed E-state index contributed by atoms with van der Waals surface area (Å²) in [6, 6.07) is 4.28. The van der Waals surface area contributed by atoms with Crippen LogP contribution in [-0.2, 0) is 9.59 Å². The fourth-order valence-corrected chi connectivity index (χ4v) is 2.08. The fourth-order valence-electron chi connectivity index (χ4n) is 2.08. The molecular formula is C17H22N2O8. The molecule has 1 fully saturated rings. The number of hydrogen-bond donors (Lipinski definition) is 7. The summed E-state index contributed by atoms with van der Waals surface area (Å²) in [7, 11) is 0. The van der Waals surface area contributed by atoms with Gasteiger partial charge in [0.15, 0.2) is 12.2 Å². The van der Waals surface area contributed by atoms with Gasteiger partial charge in [0.1, 0.15) is 12.2 Å². The highest BCUT2D eigenvalue weighted by molar-refractivity contribution is 5.75. The number of aliphatic hydroxyl groups is 4. The van der Waals surface area contributed by atoms with Crippen molar-refractivity contribution in [3.63, 3.8) is 0 Å². The number of nitrogens with zero attached hydrogens (tertiary/aromatic N) is 1. The Kier molecular flexibility index (Phi) is 9.35. The molecule has 0 unspecified atom stereocenters. The van der Waals surface area contributed by atoms with Gasteiger partial charge in [-0.3, -0.25) is 4.98 Å². The highest BCUT2D eigenvalue weighted by Crippen LogP contribution is 2.05. The molecule has 2 rings (SSSR count). The summed E-state index contributed by atoms with van der Waals surface area (Å²) in [5.41, 5.74) is 0.996. The first kappa shape index (κ1) is 22.5. The smallest absolute Gasteiger partial charge is 0.335 e. The van der Waals surface area contributed by atoms with Gasteiger partial charge in [-0.15, -0.1) is 0 Å². The second-order valence-corrected chi connectivity index (χ2v) is 5.71. The number of carbonyl (C=O) groups is 2. The number of aliphatic carboxylic acids is 2. The van der Waals surface area contributed by atoms with E-state index in [1.54, 1.807) is 12.4 Å². The van der Waals surface area contributed by atoms with Crippen molar-refractivity contribution in [1.29, 1.82) is 0 Å². The van der Waals surface area contributed by atoms with Crippen LogP contribution in [0.3, 0.4) is 0 Å². The summed E-state index contributed by atoms with van der Waals surface area (Å²) in [5, 5.41) is 54.8. The van der Waals surface area contributed by atoms with Crippen molar-refractivity contribution in [3.05, 3.63) is 30.1 Å². The van der Waals surface area contributed by atoms with Crippen LogP contribution in [0.15, 0.2) is 24.5 Å². The van der Waals surface area contributed by atoms with E-state index in [1.165, 1.54) is 12.8 Å². The first-order valence-electron chi connectivity index (χ1n) is 8.07. The van der Waals surface area contributed by atoms with Crippen molar-refractivity contribution in [3.8, 4) is 11.8 Å². The molecule has 10 heteroatoms. The summed E-state index contributed by atoms with van der Waals surface area (Å²) in [4.78, 5) is 24.2. The molecule has 0 aromatic carbocycles. The van der Waals surface area contributed by atoms with Gasteiger partial charge in [-0.1, -0.05) is 11.8 Å². The maximum absolute atomic E-state index is 10.1. The number of rotatable bonds is 5. The van der Waals surface area contributed by atoms with Gasteiger partial charge in [0.25, 0.3) is 0 Å². The minimum Gasteiger partial charge on any atom is -0.479 e. The van der Waals surface area contributed by atoms with Crippen LogP contribution >= 0.6 is 0 Å². The Bertz CT molecular complexity index is 643. The van der Waals surface area contributed by atoms with Gasteiger partial charge in [0, 0.05) is 18.0 Å². The number of aliphatic hydroxyl groups excluding tert-OH is 4. The molecular weight excluding hydrogens is 360 g/mol. The number of carboxylic acids is 2. The third-order valence-electron chi connectivity index (χ3n) is 3.62. The van der Waals surface area contributed by atoms with E-state index < -0.39 is 36.4 Å². The molecule has 10 nitrogen and oxygen atoms in total. The number of carboxylic acid groups (broad SMARTS) is 2. The third-order valence-corrected chi connectivity index (χ3v) is 3.62. The zero-order chi connectivity index (χ0) is 20.4. The van der Waals surface area contributed by atoms with E-state index in [0.29, 0.717) is 6.04 Å². The van der Waals surface area contributed by atoms with Crippen LogP contribution in [0.25, 0.3) is 0 Å². The van der Waals surface area contributed by atoms with Crippen molar-refractivity contribution in [2.75, 3.05) is 6.54 Å². The Morgan fingerprint density at radius 3 is 2.11 bits per heavy atom. The van der Waals surface area contributed by atoms with Gasteiger partial charge >= 0.3 is 11.9 Å². The molecule has 0 radical (unpaired) electrons. The molecule has 7 N–H and O–H groups in total. The largest absolute Gasteiger partial charge is 0.479 e. The maximum atomic E-state index is 10.1. The summed E-state index contributed by atoms with van der Waals surface area (Å²) in [5.74, 6) is 2.63. The van der Waals surface area contributed by atoms with Crippen molar-refractivity contribution >= 4 is 11.9 Å². The molecule has 148 valence electrons. The van der Waals surface area contributed by atoms with Crippen LogP contribution in [-0.4, -0.2) is 84.6 Å². The van der Waals surface area contributed by atoms with Gasteiger partial charge in [-0.2, -0.15) is 0 Å². The zero-order valence-corrected chi connectivity index (χ0v) is 14.3. The lowest BCUT2D eigenvalue weighted by Gasteiger charge is -2.21. The first-order valence-corrected chi connectivity index (χ1v) is 8.07. The van der Waals surface area contributed by atoms with E-state index in [4.69, 9.17) is 30.6 Å². The molecule has 27 heavy (non-hydrogen) atoms. The Morgan fingerprint density at radius 1 is 1.11 bits per heavy atom. The standard InChI is InChI=1S/C11H12N2.C6H10O8/c1-3-10(9-12-7-1)5-6-11-4-2-8-13-11;7-1(3(9)5(11)12)2(8)4(10)6(13)14/h1,3,7,9,11,13H,2,4,8H2;1-4,7-10H,(H,11,12)(H,13,14)/t11-;1-,2+,3+,4-/m1./s1. The summed E-state index contributed by atoms with van der Waals surface area (Å²) >= 11 is 0. The van der Waals surface area contributed by atoms with Gasteiger partial charge in [-0.05, 0) is 31.5 Å². The first-order chi connectivity index (χ1) is 12.7. The lowest BCUT2D eigenvalue weighted by Crippen LogP contribution is -2.49. The predicted molar refractivity (Wildman–Crippen MR) is 91.4 cm³/mol. The molecule has 1 aromatic rings. The summed E-state index contributed by atoms with van der Waals surface area (Å²) in [6.45, 7) is 1.10.